The number of hydrogen-bond donors (Lipinski definition) is 1. The van der Waals surface area contributed by atoms with E-state index < -0.39 is 11.6 Å². The van der Waals surface area contributed by atoms with Gasteiger partial charge in [-0.05, 0) is 26.0 Å². The molecular formula is C16H21F2N3O2. The summed E-state index contributed by atoms with van der Waals surface area (Å²) in [6.07, 6.45) is 2.01. The highest BCUT2D eigenvalue weighted by atomic mass is 19.1. The van der Waals surface area contributed by atoms with Crippen LogP contribution in [0.2, 0.25) is 0 Å². The normalized spacial score (nSPS) is 14.3. The maximum Gasteiger partial charge on any atom is 0.241 e. The Hall–Kier alpha value is -2.02. The first kappa shape index (κ1) is 17.3. The molecule has 5 nitrogen and oxygen atoms in total. The van der Waals surface area contributed by atoms with Crippen LogP contribution in [0.15, 0.2) is 18.2 Å². The summed E-state index contributed by atoms with van der Waals surface area (Å²) in [6, 6.07) is 3.36. The van der Waals surface area contributed by atoms with E-state index in [0.717, 1.165) is 32.0 Å². The highest BCUT2D eigenvalue weighted by molar-refractivity contribution is 5.85. The molecule has 1 saturated heterocycles. The number of likely N-dealkylation sites (N-methyl/N-ethyl adjacent to an activating group) is 1. The lowest BCUT2D eigenvalue weighted by atomic mass is 10.2. The van der Waals surface area contributed by atoms with Gasteiger partial charge in [-0.1, -0.05) is 6.07 Å². The van der Waals surface area contributed by atoms with Crippen LogP contribution in [-0.4, -0.2) is 54.8 Å². The van der Waals surface area contributed by atoms with Gasteiger partial charge in [0, 0.05) is 31.3 Å². The van der Waals surface area contributed by atoms with Gasteiger partial charge in [-0.3, -0.25) is 14.5 Å². The molecule has 0 unspecified atom stereocenters. The van der Waals surface area contributed by atoms with E-state index in [1.54, 1.807) is 16.8 Å². The molecule has 23 heavy (non-hydrogen) atoms. The number of carbonyl (C=O) groups excluding carboxylic acids is 2. The molecule has 0 atom stereocenters. The summed E-state index contributed by atoms with van der Waals surface area (Å²) in [7, 11) is 1.66. The highest BCUT2D eigenvalue weighted by Crippen LogP contribution is 2.11. The van der Waals surface area contributed by atoms with Crippen molar-refractivity contribution in [2.45, 2.75) is 19.4 Å². The van der Waals surface area contributed by atoms with E-state index in [2.05, 4.69) is 5.32 Å². The first-order valence-electron chi connectivity index (χ1n) is 7.62. The molecule has 2 rings (SSSR count). The van der Waals surface area contributed by atoms with E-state index >= 15 is 0 Å². The van der Waals surface area contributed by atoms with Gasteiger partial charge in [0.05, 0.1) is 13.1 Å². The minimum Gasteiger partial charge on any atom is -0.346 e. The first-order chi connectivity index (χ1) is 11.0. The molecule has 2 amide bonds. The third-order valence-corrected chi connectivity index (χ3v) is 3.76. The van der Waals surface area contributed by atoms with Crippen LogP contribution in [0.3, 0.4) is 0 Å². The quantitative estimate of drug-likeness (QED) is 0.853. The number of nitrogens with one attached hydrogen (secondary N) is 1. The van der Waals surface area contributed by atoms with Crippen molar-refractivity contribution in [3.63, 3.8) is 0 Å². The minimum absolute atomic E-state index is 0.0163. The molecule has 0 bridgehead atoms. The Bertz CT molecular complexity index is 574. The van der Waals surface area contributed by atoms with Gasteiger partial charge < -0.3 is 10.2 Å². The van der Waals surface area contributed by atoms with E-state index in [9.17, 15) is 18.4 Å². The standard InChI is InChI=1S/C16H21F2N3O2/c1-20(10-12-4-5-13(17)8-14(12)18)11-15(22)19-9-16(23)21-6-2-3-7-21/h4-5,8H,2-3,6-7,9-11H2,1H3,(H,19,22). The summed E-state index contributed by atoms with van der Waals surface area (Å²) >= 11 is 0. The van der Waals surface area contributed by atoms with Crippen LogP contribution in [0.1, 0.15) is 18.4 Å². The van der Waals surface area contributed by atoms with Gasteiger partial charge in [0.15, 0.2) is 0 Å². The molecule has 1 aromatic rings. The number of hydrogen-bond acceptors (Lipinski definition) is 3. The van der Waals surface area contributed by atoms with Crippen LogP contribution < -0.4 is 5.32 Å². The van der Waals surface area contributed by atoms with E-state index in [4.69, 9.17) is 0 Å². The van der Waals surface area contributed by atoms with Crippen molar-refractivity contribution < 1.29 is 18.4 Å². The average Bonchev–Trinajstić information content (AvgIpc) is 3.02. The Labute approximate surface area is 134 Å². The average molecular weight is 325 g/mol. The molecule has 7 heteroatoms. The van der Waals surface area contributed by atoms with Crippen LogP contribution >= 0.6 is 0 Å². The predicted octanol–water partition coefficient (Wildman–Crippen LogP) is 1.14. The number of carbonyl (C=O) groups is 2. The van der Waals surface area contributed by atoms with Gasteiger partial charge >= 0.3 is 0 Å². The number of nitrogens with zero attached hydrogens (tertiary/aromatic N) is 2. The molecule has 0 spiro atoms. The Morgan fingerprint density at radius 1 is 1.26 bits per heavy atom. The topological polar surface area (TPSA) is 52.7 Å². The van der Waals surface area contributed by atoms with Crippen molar-refractivity contribution in [2.75, 3.05) is 33.2 Å². The van der Waals surface area contributed by atoms with E-state index in [1.165, 1.54) is 12.1 Å². The van der Waals surface area contributed by atoms with Crippen LogP contribution in [-0.2, 0) is 16.1 Å². The van der Waals surface area contributed by atoms with Gasteiger partial charge in [-0.25, -0.2) is 8.78 Å². The number of amides is 2. The minimum atomic E-state index is -0.638. The molecule has 1 aliphatic heterocycles. The molecule has 1 heterocycles. The van der Waals surface area contributed by atoms with Gasteiger partial charge in [-0.2, -0.15) is 0 Å². The molecule has 1 aliphatic rings. The monoisotopic (exact) mass is 325 g/mol. The molecule has 1 aromatic carbocycles. The summed E-state index contributed by atoms with van der Waals surface area (Å²) in [5, 5.41) is 2.57. The molecule has 0 radical (unpaired) electrons. The van der Waals surface area contributed by atoms with Gasteiger partial charge in [0.25, 0.3) is 0 Å². The molecule has 126 valence electrons. The predicted molar refractivity (Wildman–Crippen MR) is 81.5 cm³/mol. The molecule has 0 aromatic heterocycles. The van der Waals surface area contributed by atoms with Crippen LogP contribution in [0.4, 0.5) is 8.78 Å². The third kappa shape index (κ3) is 5.28. The zero-order valence-electron chi connectivity index (χ0n) is 13.1. The lowest BCUT2D eigenvalue weighted by Gasteiger charge is -2.18. The number of halogens is 2. The summed E-state index contributed by atoms with van der Waals surface area (Å²) in [5.41, 5.74) is 0.315. The number of benzene rings is 1. The van der Waals surface area contributed by atoms with Crippen molar-refractivity contribution in [3.8, 4) is 0 Å². The largest absolute Gasteiger partial charge is 0.346 e. The second-order valence-corrected chi connectivity index (χ2v) is 5.77. The Morgan fingerprint density at radius 3 is 2.61 bits per heavy atom. The fraction of sp³-hybridized carbons (Fsp3) is 0.500. The summed E-state index contributed by atoms with van der Waals surface area (Å²) in [6.45, 7) is 1.69. The molecule has 1 N–H and O–H groups in total. The van der Waals surface area contributed by atoms with Crippen molar-refractivity contribution in [3.05, 3.63) is 35.4 Å². The fourth-order valence-corrected chi connectivity index (χ4v) is 2.55. The zero-order chi connectivity index (χ0) is 16.8. The number of rotatable bonds is 6. The first-order valence-corrected chi connectivity index (χ1v) is 7.62. The van der Waals surface area contributed by atoms with Gasteiger partial charge in [0.2, 0.25) is 11.8 Å². The summed E-state index contributed by atoms with van der Waals surface area (Å²) in [4.78, 5) is 27.0. The smallest absolute Gasteiger partial charge is 0.241 e. The Balaban J connectivity index is 1.74. The number of likely N-dealkylation sites (tertiary alicyclic amines) is 1. The van der Waals surface area contributed by atoms with Gasteiger partial charge in [0.1, 0.15) is 11.6 Å². The maximum atomic E-state index is 13.6. The summed E-state index contributed by atoms with van der Waals surface area (Å²) in [5.74, 6) is -1.65. The van der Waals surface area contributed by atoms with E-state index in [1.807, 2.05) is 0 Å². The fourth-order valence-electron chi connectivity index (χ4n) is 2.55. The second-order valence-electron chi connectivity index (χ2n) is 5.77. The van der Waals surface area contributed by atoms with Crippen LogP contribution in [0.5, 0.6) is 0 Å². The molecule has 0 aliphatic carbocycles. The molecular weight excluding hydrogens is 304 g/mol. The van der Waals surface area contributed by atoms with Crippen molar-refractivity contribution >= 4 is 11.8 Å². The van der Waals surface area contributed by atoms with E-state index in [-0.39, 0.29) is 31.4 Å². The van der Waals surface area contributed by atoms with Crippen LogP contribution in [0.25, 0.3) is 0 Å². The van der Waals surface area contributed by atoms with Crippen molar-refractivity contribution in [1.82, 2.24) is 15.1 Å². The second kappa shape index (κ2) is 8.01. The Kier molecular flexibility index (Phi) is 6.04. The SMILES string of the molecule is CN(CC(=O)NCC(=O)N1CCCC1)Cc1ccc(F)cc1F. The van der Waals surface area contributed by atoms with E-state index in [0.29, 0.717) is 5.56 Å². The molecule has 0 saturated carbocycles. The lowest BCUT2D eigenvalue weighted by molar-refractivity contribution is -0.132. The van der Waals surface area contributed by atoms with Crippen LogP contribution in [0, 0.1) is 11.6 Å². The lowest BCUT2D eigenvalue weighted by Crippen LogP contribution is -2.42. The summed E-state index contributed by atoms with van der Waals surface area (Å²) < 4.78 is 26.4. The zero-order valence-corrected chi connectivity index (χ0v) is 13.1. The third-order valence-electron chi connectivity index (χ3n) is 3.76. The van der Waals surface area contributed by atoms with Gasteiger partial charge in [-0.15, -0.1) is 0 Å². The molecule has 1 fully saturated rings. The van der Waals surface area contributed by atoms with Crippen molar-refractivity contribution in [2.24, 2.45) is 0 Å². The maximum absolute atomic E-state index is 13.6. The van der Waals surface area contributed by atoms with Crippen molar-refractivity contribution in [1.29, 1.82) is 0 Å². The Morgan fingerprint density at radius 2 is 1.96 bits per heavy atom. The highest BCUT2D eigenvalue weighted by Gasteiger charge is 2.18.